The molecule has 7 nitrogen and oxygen atoms in total. The number of thiophene rings is 2. The summed E-state index contributed by atoms with van der Waals surface area (Å²) in [5, 5.41) is 10.3. The van der Waals surface area contributed by atoms with E-state index in [9.17, 15) is 9.59 Å². The van der Waals surface area contributed by atoms with Crippen molar-refractivity contribution in [1.82, 2.24) is 15.3 Å². The number of methoxy groups -OCH3 is 1. The predicted octanol–water partition coefficient (Wildman–Crippen LogP) is 4.44. The zero-order valence-electron chi connectivity index (χ0n) is 16.6. The molecule has 4 heterocycles. The van der Waals surface area contributed by atoms with Crippen LogP contribution in [-0.4, -0.2) is 28.9 Å². The zero-order valence-corrected chi connectivity index (χ0v) is 18.2. The smallest absolute Gasteiger partial charge is 0.275 e. The number of fused-ring (bicyclic) bond motifs is 1. The number of nitrogens with one attached hydrogen (secondary N) is 2. The third kappa shape index (κ3) is 3.37. The molecule has 0 saturated carbocycles. The molecule has 0 spiro atoms. The normalized spacial score (nSPS) is 13.7. The Hall–Kier alpha value is -3.56. The van der Waals surface area contributed by atoms with Crippen molar-refractivity contribution in [1.29, 1.82) is 0 Å². The van der Waals surface area contributed by atoms with E-state index in [4.69, 9.17) is 14.7 Å². The number of carbonyl (C=O) groups is 2. The molecule has 0 aliphatic carbocycles. The Morgan fingerprint density at radius 1 is 1.03 bits per heavy atom. The number of benzene rings is 1. The van der Waals surface area contributed by atoms with Gasteiger partial charge in [0.25, 0.3) is 11.8 Å². The van der Waals surface area contributed by atoms with Crippen LogP contribution in [0.1, 0.15) is 6.92 Å². The fraction of sp³-hybridized carbons (Fsp3) is 0.0909. The molecule has 0 radical (unpaired) electrons. The molecule has 5 rings (SSSR count). The molecule has 9 heteroatoms. The number of carbonyl (C=O) groups excluding carboxylic acids is 2. The molecule has 2 amide bonds. The van der Waals surface area contributed by atoms with E-state index in [-0.39, 0.29) is 5.70 Å². The first-order chi connectivity index (χ1) is 15.0. The van der Waals surface area contributed by atoms with Crippen LogP contribution in [0.5, 0.6) is 5.75 Å². The number of rotatable bonds is 5. The van der Waals surface area contributed by atoms with Gasteiger partial charge in [-0.15, -0.1) is 22.7 Å². The number of amides is 2. The Morgan fingerprint density at radius 3 is 2.48 bits per heavy atom. The number of aromatic nitrogens is 2. The molecule has 3 aromatic heterocycles. The monoisotopic (exact) mass is 448 g/mol. The van der Waals surface area contributed by atoms with Crippen molar-refractivity contribution in [3.8, 4) is 27.6 Å². The quantitative estimate of drug-likeness (QED) is 0.439. The lowest BCUT2D eigenvalue weighted by Crippen LogP contribution is -2.24. The summed E-state index contributed by atoms with van der Waals surface area (Å²) in [4.78, 5) is 35.6. The van der Waals surface area contributed by atoms with Crippen LogP contribution in [0.4, 0.5) is 5.82 Å². The van der Waals surface area contributed by atoms with Crippen LogP contribution >= 0.6 is 22.7 Å². The molecule has 0 saturated heterocycles. The van der Waals surface area contributed by atoms with E-state index in [0.29, 0.717) is 17.2 Å². The zero-order chi connectivity index (χ0) is 21.5. The van der Waals surface area contributed by atoms with Crippen molar-refractivity contribution in [2.24, 2.45) is 0 Å². The highest BCUT2D eigenvalue weighted by Crippen LogP contribution is 2.40. The van der Waals surface area contributed by atoms with Gasteiger partial charge in [0.15, 0.2) is 5.82 Å². The van der Waals surface area contributed by atoms with Gasteiger partial charge in [0, 0.05) is 27.0 Å². The summed E-state index contributed by atoms with van der Waals surface area (Å²) in [6.45, 7) is 1.61. The lowest BCUT2D eigenvalue weighted by atomic mass is 10.1. The van der Waals surface area contributed by atoms with E-state index in [0.717, 1.165) is 32.0 Å². The van der Waals surface area contributed by atoms with E-state index < -0.39 is 11.8 Å². The van der Waals surface area contributed by atoms with Gasteiger partial charge in [0.05, 0.1) is 12.5 Å². The van der Waals surface area contributed by atoms with Crippen molar-refractivity contribution in [3.63, 3.8) is 0 Å². The lowest BCUT2D eigenvalue weighted by Gasteiger charge is -2.11. The van der Waals surface area contributed by atoms with Crippen LogP contribution in [0.3, 0.4) is 0 Å². The van der Waals surface area contributed by atoms with E-state index in [1.165, 1.54) is 11.3 Å². The topological polar surface area (TPSA) is 93.2 Å². The van der Waals surface area contributed by atoms with Crippen LogP contribution < -0.4 is 15.4 Å². The Kier molecular flexibility index (Phi) is 4.76. The molecule has 2 N–H and O–H groups in total. The van der Waals surface area contributed by atoms with Crippen molar-refractivity contribution in [3.05, 3.63) is 58.4 Å². The first-order valence-corrected chi connectivity index (χ1v) is 11.1. The van der Waals surface area contributed by atoms with E-state index in [1.807, 2.05) is 47.2 Å². The van der Waals surface area contributed by atoms with Gasteiger partial charge in [0.1, 0.15) is 22.1 Å². The summed E-state index contributed by atoms with van der Waals surface area (Å²) in [5.74, 6) is 0.867. The van der Waals surface area contributed by atoms with Crippen LogP contribution in [0, 0.1) is 0 Å². The molecule has 0 fully saturated rings. The number of hydrogen-bond donors (Lipinski definition) is 2. The minimum Gasteiger partial charge on any atom is -0.497 e. The molecule has 0 bridgehead atoms. The van der Waals surface area contributed by atoms with Crippen molar-refractivity contribution in [2.75, 3.05) is 12.4 Å². The summed E-state index contributed by atoms with van der Waals surface area (Å²) < 4.78 is 5.23. The molecule has 1 aliphatic rings. The average Bonchev–Trinajstić information content (AvgIpc) is 3.50. The van der Waals surface area contributed by atoms with Gasteiger partial charge >= 0.3 is 0 Å². The minimum absolute atomic E-state index is 0.203. The molecule has 154 valence electrons. The number of ether oxygens (including phenoxy) is 1. The van der Waals surface area contributed by atoms with Gasteiger partial charge in [0.2, 0.25) is 0 Å². The Morgan fingerprint density at radius 2 is 1.84 bits per heavy atom. The van der Waals surface area contributed by atoms with Crippen molar-refractivity contribution < 1.29 is 14.3 Å². The van der Waals surface area contributed by atoms with Gasteiger partial charge in [-0.3, -0.25) is 14.9 Å². The summed E-state index contributed by atoms with van der Waals surface area (Å²) >= 11 is 3.13. The molecule has 31 heavy (non-hydrogen) atoms. The van der Waals surface area contributed by atoms with Gasteiger partial charge in [-0.05, 0) is 42.6 Å². The second kappa shape index (κ2) is 7.60. The second-order valence-corrected chi connectivity index (χ2v) is 8.65. The molecule has 4 aromatic rings. The van der Waals surface area contributed by atoms with Gasteiger partial charge in [-0.25, -0.2) is 9.97 Å². The molecule has 0 atom stereocenters. The third-order valence-electron chi connectivity index (χ3n) is 4.98. The van der Waals surface area contributed by atoms with Crippen molar-refractivity contribution >= 4 is 50.5 Å². The van der Waals surface area contributed by atoms with Crippen LogP contribution in [0.15, 0.2) is 58.4 Å². The summed E-state index contributed by atoms with van der Waals surface area (Å²) in [6.07, 6.45) is 0. The van der Waals surface area contributed by atoms with E-state index in [2.05, 4.69) is 10.6 Å². The summed E-state index contributed by atoms with van der Waals surface area (Å²) in [5.41, 5.74) is 2.33. The third-order valence-corrected chi connectivity index (χ3v) is 6.76. The first kappa shape index (κ1) is 19.4. The number of hydrogen-bond acceptors (Lipinski definition) is 8. The number of nitrogens with zero attached hydrogens (tertiary/aromatic N) is 2. The standard InChI is InChI=1S/C22H16N4O3S2/c1-11-17(21(28)26-20(11)27)23-19-16-14(15-4-3-9-30-15)10-31-22(16)25-18(24-19)12-5-7-13(29-2)8-6-12/h3-10H,1-2H3,(H2,23,24,25,26,27,28). The van der Waals surface area contributed by atoms with Gasteiger partial charge < -0.3 is 10.1 Å². The van der Waals surface area contributed by atoms with Crippen molar-refractivity contribution in [2.45, 2.75) is 6.92 Å². The largest absolute Gasteiger partial charge is 0.497 e. The fourth-order valence-corrected chi connectivity index (χ4v) is 5.09. The molecule has 0 unspecified atom stereocenters. The maximum Gasteiger partial charge on any atom is 0.275 e. The minimum atomic E-state index is -0.465. The number of imide groups is 1. The fourth-order valence-electron chi connectivity index (χ4n) is 3.33. The summed E-state index contributed by atoms with van der Waals surface area (Å²) in [7, 11) is 1.61. The van der Waals surface area contributed by atoms with Gasteiger partial charge in [-0.1, -0.05) is 6.07 Å². The first-order valence-electron chi connectivity index (χ1n) is 9.36. The predicted molar refractivity (Wildman–Crippen MR) is 122 cm³/mol. The Bertz CT molecular complexity index is 1360. The van der Waals surface area contributed by atoms with Crippen LogP contribution in [-0.2, 0) is 9.59 Å². The highest BCUT2D eigenvalue weighted by molar-refractivity contribution is 7.18. The maximum absolute atomic E-state index is 12.3. The lowest BCUT2D eigenvalue weighted by molar-refractivity contribution is -0.124. The SMILES string of the molecule is COc1ccc(-c2nc(NC3=C(C)C(=O)NC3=O)c3c(-c4cccs4)csc3n2)cc1. The highest BCUT2D eigenvalue weighted by atomic mass is 32.1. The molecular formula is C22H16N4O3S2. The molecule has 1 aromatic carbocycles. The van der Waals surface area contributed by atoms with E-state index in [1.54, 1.807) is 25.4 Å². The van der Waals surface area contributed by atoms with Crippen LogP contribution in [0.25, 0.3) is 32.0 Å². The second-order valence-electron chi connectivity index (χ2n) is 6.84. The Labute approximate surface area is 185 Å². The maximum atomic E-state index is 12.3. The summed E-state index contributed by atoms with van der Waals surface area (Å²) in [6, 6.07) is 11.5. The Balaban J connectivity index is 1.70. The average molecular weight is 449 g/mol. The van der Waals surface area contributed by atoms with Crippen LogP contribution in [0.2, 0.25) is 0 Å². The molecular weight excluding hydrogens is 432 g/mol. The molecule has 1 aliphatic heterocycles. The highest BCUT2D eigenvalue weighted by Gasteiger charge is 2.29. The van der Waals surface area contributed by atoms with Gasteiger partial charge in [-0.2, -0.15) is 0 Å². The number of anilines is 1. The van der Waals surface area contributed by atoms with E-state index >= 15 is 0 Å².